The van der Waals surface area contributed by atoms with E-state index in [9.17, 15) is 0 Å². The second-order valence-electron chi connectivity index (χ2n) is 21.3. The Hall–Kier alpha value is -4.88. The van der Waals surface area contributed by atoms with Gasteiger partial charge in [0.2, 0.25) is 0 Å². The van der Waals surface area contributed by atoms with Crippen LogP contribution in [0.25, 0.3) is 44.5 Å². The van der Waals surface area contributed by atoms with Crippen LogP contribution >= 0.6 is 0 Å². The van der Waals surface area contributed by atoms with Crippen molar-refractivity contribution in [3.63, 3.8) is 0 Å². The number of nitrogens with zero attached hydrogens (tertiary/aromatic N) is 1. The molecule has 0 saturated carbocycles. The van der Waals surface area contributed by atoms with E-state index in [-0.39, 0.29) is 10.8 Å². The van der Waals surface area contributed by atoms with E-state index in [1.54, 1.807) is 22.3 Å². The van der Waals surface area contributed by atoms with Crippen molar-refractivity contribution in [3.05, 3.63) is 154 Å². The maximum absolute atomic E-state index is 2.69. The van der Waals surface area contributed by atoms with Crippen LogP contribution in [0.4, 0.5) is 11.4 Å². The molecule has 0 atom stereocenters. The van der Waals surface area contributed by atoms with E-state index in [1.165, 1.54) is 214 Å². The van der Waals surface area contributed by atoms with Crippen molar-refractivity contribution in [1.82, 2.24) is 0 Å². The average molecular weight is 888 g/mol. The van der Waals surface area contributed by atoms with E-state index in [4.69, 9.17) is 0 Å². The molecule has 350 valence electrons. The minimum Gasteiger partial charge on any atom is -0.345 e. The fourth-order valence-electron chi connectivity index (χ4n) is 12.8. The van der Waals surface area contributed by atoms with Gasteiger partial charge in [-0.1, -0.05) is 215 Å². The zero-order valence-electron chi connectivity index (χ0n) is 42.5. The predicted molar refractivity (Wildman–Crippen MR) is 291 cm³/mol. The van der Waals surface area contributed by atoms with Crippen molar-refractivity contribution in [3.8, 4) is 44.5 Å². The van der Waals surface area contributed by atoms with E-state index in [2.05, 4.69) is 162 Å². The molecule has 1 nitrogen and oxygen atoms in total. The highest BCUT2D eigenvalue weighted by Crippen LogP contribution is 2.58. The Balaban J connectivity index is 1.13. The highest BCUT2D eigenvalue weighted by Gasteiger charge is 2.44. The summed E-state index contributed by atoms with van der Waals surface area (Å²) in [6.07, 6.45) is 28.1. The van der Waals surface area contributed by atoms with Crippen molar-refractivity contribution >= 4 is 11.4 Å². The average Bonchev–Trinajstić information content (AvgIpc) is 3.77. The smallest absolute Gasteiger partial charge is 0.0414 e. The Kier molecular flexibility index (Phi) is 14.9. The molecule has 3 aliphatic carbocycles. The van der Waals surface area contributed by atoms with Crippen molar-refractivity contribution in [2.75, 3.05) is 11.9 Å². The number of anilines is 2. The van der Waals surface area contributed by atoms with Crippen LogP contribution in [0, 0.1) is 6.92 Å². The standard InChI is InChI=1S/C66H81N/c1-7-11-15-19-38-65(39-20-16-12-8-2)61-42-48(5)26-34-57(61)58-35-31-53(45-62(58)65)54-32-36-59-60-37-33-56(67(6)55-25-23-24-50(44-55)52-30-28-49-27-29-51(49)43-52)47-64(60)66(63(59)46-54,40-21-17-13-9-3)41-22-18-14-10-4/h23-26,28,30-37,42-47H,7-22,27,29,38-41H2,1-6H3. The van der Waals surface area contributed by atoms with Gasteiger partial charge >= 0.3 is 0 Å². The van der Waals surface area contributed by atoms with Crippen LogP contribution in [0.15, 0.2) is 115 Å². The van der Waals surface area contributed by atoms with Gasteiger partial charge in [0.1, 0.15) is 0 Å². The summed E-state index contributed by atoms with van der Waals surface area (Å²) in [5, 5.41) is 0. The molecule has 1 heteroatoms. The van der Waals surface area contributed by atoms with Crippen LogP contribution < -0.4 is 4.90 Å². The third kappa shape index (κ3) is 9.35. The van der Waals surface area contributed by atoms with E-state index in [0.29, 0.717) is 0 Å². The van der Waals surface area contributed by atoms with Crippen molar-refractivity contribution in [2.45, 2.75) is 187 Å². The minimum atomic E-state index is -0.0143. The van der Waals surface area contributed by atoms with E-state index in [1.807, 2.05) is 0 Å². The molecule has 0 spiro atoms. The fraction of sp³-hybridized carbons (Fsp3) is 0.455. The second-order valence-corrected chi connectivity index (χ2v) is 21.3. The van der Waals surface area contributed by atoms with Crippen LogP contribution in [0.5, 0.6) is 0 Å². The van der Waals surface area contributed by atoms with Crippen molar-refractivity contribution < 1.29 is 0 Å². The van der Waals surface area contributed by atoms with Gasteiger partial charge in [0.05, 0.1) is 0 Å². The predicted octanol–water partition coefficient (Wildman–Crippen LogP) is 19.6. The van der Waals surface area contributed by atoms with Crippen molar-refractivity contribution in [2.24, 2.45) is 0 Å². The second kappa shape index (κ2) is 21.2. The summed E-state index contributed by atoms with van der Waals surface area (Å²) < 4.78 is 0. The van der Waals surface area contributed by atoms with E-state index >= 15 is 0 Å². The minimum absolute atomic E-state index is 0.0143. The largest absolute Gasteiger partial charge is 0.345 e. The van der Waals surface area contributed by atoms with E-state index in [0.717, 1.165) is 0 Å². The quantitative estimate of drug-likeness (QED) is 0.0547. The van der Waals surface area contributed by atoms with Crippen LogP contribution in [0.2, 0.25) is 0 Å². The summed E-state index contributed by atoms with van der Waals surface area (Å²) in [5.41, 5.74) is 24.7. The Morgan fingerprint density at radius 1 is 0.373 bits per heavy atom. The van der Waals surface area contributed by atoms with Gasteiger partial charge in [0, 0.05) is 29.3 Å². The Labute approximate surface area is 406 Å². The molecule has 0 N–H and O–H groups in total. The summed E-state index contributed by atoms with van der Waals surface area (Å²) in [6, 6.07) is 46.6. The summed E-state index contributed by atoms with van der Waals surface area (Å²) in [4.78, 5) is 2.44. The maximum atomic E-state index is 2.69. The van der Waals surface area contributed by atoms with Crippen LogP contribution in [-0.4, -0.2) is 7.05 Å². The molecule has 6 aromatic carbocycles. The zero-order valence-corrected chi connectivity index (χ0v) is 42.5. The third-order valence-electron chi connectivity index (χ3n) is 16.8. The number of fused-ring (bicyclic) bond motifs is 7. The number of hydrogen-bond donors (Lipinski definition) is 0. The summed E-state index contributed by atoms with van der Waals surface area (Å²) in [7, 11) is 2.28. The lowest BCUT2D eigenvalue weighted by atomic mass is 9.69. The third-order valence-corrected chi connectivity index (χ3v) is 16.8. The number of aryl methyl sites for hydroxylation is 3. The molecular formula is C66H81N. The summed E-state index contributed by atoms with van der Waals surface area (Å²) in [6.45, 7) is 11.7. The molecule has 9 rings (SSSR count). The van der Waals surface area contributed by atoms with Gasteiger partial charge in [0.15, 0.2) is 0 Å². The molecule has 3 aliphatic rings. The number of unbranched alkanes of at least 4 members (excludes halogenated alkanes) is 12. The van der Waals surface area contributed by atoms with Crippen LogP contribution in [0.3, 0.4) is 0 Å². The molecular weight excluding hydrogens is 807 g/mol. The summed E-state index contributed by atoms with van der Waals surface area (Å²) in [5.74, 6) is 0. The number of hydrogen-bond acceptors (Lipinski definition) is 1. The molecule has 6 aromatic rings. The van der Waals surface area contributed by atoms with Gasteiger partial charge in [0.25, 0.3) is 0 Å². The number of benzene rings is 6. The normalized spacial score (nSPS) is 14.5. The van der Waals surface area contributed by atoms with Gasteiger partial charge < -0.3 is 4.90 Å². The molecule has 0 saturated heterocycles. The number of rotatable bonds is 24. The SMILES string of the molecule is CCCCCCC1(CCCCCC)c2cc(C)ccc2-c2ccc(-c3ccc4c(c3)C(CCCCCC)(CCCCCC)c3cc(N(C)c5cccc(-c6ccc7c(c6)CC7)c5)ccc3-4)cc21. The monoisotopic (exact) mass is 888 g/mol. The van der Waals surface area contributed by atoms with Gasteiger partial charge in [-0.3, -0.25) is 0 Å². The molecule has 0 bridgehead atoms. The maximum Gasteiger partial charge on any atom is 0.0414 e. The lowest BCUT2D eigenvalue weighted by molar-refractivity contribution is 0.400. The molecule has 0 radical (unpaired) electrons. The van der Waals surface area contributed by atoms with Crippen LogP contribution in [-0.2, 0) is 23.7 Å². The first-order valence-corrected chi connectivity index (χ1v) is 27.4. The highest BCUT2D eigenvalue weighted by molar-refractivity contribution is 5.88. The molecule has 0 aromatic heterocycles. The molecule has 0 heterocycles. The Morgan fingerprint density at radius 3 is 1.28 bits per heavy atom. The molecule has 0 amide bonds. The van der Waals surface area contributed by atoms with Gasteiger partial charge in [-0.25, -0.2) is 0 Å². The molecule has 0 unspecified atom stereocenters. The fourth-order valence-corrected chi connectivity index (χ4v) is 12.8. The molecule has 0 aliphatic heterocycles. The zero-order chi connectivity index (χ0) is 46.4. The lowest BCUT2D eigenvalue weighted by Gasteiger charge is -2.34. The Morgan fingerprint density at radius 2 is 0.791 bits per heavy atom. The van der Waals surface area contributed by atoms with Gasteiger partial charge in [-0.2, -0.15) is 0 Å². The van der Waals surface area contributed by atoms with E-state index < -0.39 is 0 Å². The van der Waals surface area contributed by atoms with Gasteiger partial charge in [-0.15, -0.1) is 0 Å². The van der Waals surface area contributed by atoms with Crippen LogP contribution in [0.1, 0.15) is 195 Å². The first-order chi connectivity index (χ1) is 32.8. The van der Waals surface area contributed by atoms with Gasteiger partial charge in [-0.05, 0) is 160 Å². The topological polar surface area (TPSA) is 3.24 Å². The molecule has 0 fully saturated rings. The molecule has 67 heavy (non-hydrogen) atoms. The Bertz CT molecular complexity index is 2620. The first-order valence-electron chi connectivity index (χ1n) is 27.4. The first kappa shape index (κ1) is 47.2. The summed E-state index contributed by atoms with van der Waals surface area (Å²) >= 11 is 0. The van der Waals surface area contributed by atoms with Crippen molar-refractivity contribution in [1.29, 1.82) is 0 Å². The lowest BCUT2D eigenvalue weighted by Crippen LogP contribution is -2.26. The highest BCUT2D eigenvalue weighted by atomic mass is 15.1.